The molecule has 35 heavy (non-hydrogen) atoms. The highest BCUT2D eigenvalue weighted by atomic mass is 16.6. The van der Waals surface area contributed by atoms with Crippen molar-refractivity contribution in [3.05, 3.63) is 56.9 Å². The van der Waals surface area contributed by atoms with E-state index in [2.05, 4.69) is 11.2 Å². The zero-order valence-corrected chi connectivity index (χ0v) is 19.3. The first-order valence-corrected chi connectivity index (χ1v) is 11.3. The summed E-state index contributed by atoms with van der Waals surface area (Å²) >= 11 is 0. The van der Waals surface area contributed by atoms with Crippen molar-refractivity contribution in [3.8, 4) is 29.5 Å². The maximum absolute atomic E-state index is 13.6. The number of hydrogen-bond donors (Lipinski definition) is 2. The molecule has 2 aliphatic rings. The zero-order chi connectivity index (χ0) is 24.9. The first-order valence-electron chi connectivity index (χ1n) is 11.3. The minimum atomic E-state index is -1.79. The number of phenolic OH excluding ortho intramolecular Hbond substituents is 1. The lowest BCUT2D eigenvalue weighted by Gasteiger charge is -2.35. The molecule has 3 aromatic rings. The van der Waals surface area contributed by atoms with Gasteiger partial charge in [-0.2, -0.15) is 0 Å². The van der Waals surface area contributed by atoms with Crippen LogP contribution in [-0.2, 0) is 39.4 Å². The molecule has 1 amide bonds. The van der Waals surface area contributed by atoms with Crippen molar-refractivity contribution in [2.45, 2.75) is 45.4 Å². The second kappa shape index (κ2) is 8.17. The topological polar surface area (TPSA) is 120 Å². The Balaban J connectivity index is 1.73. The van der Waals surface area contributed by atoms with Gasteiger partial charge in [0.25, 0.3) is 5.56 Å². The molecule has 2 aliphatic heterocycles. The van der Waals surface area contributed by atoms with Crippen molar-refractivity contribution in [2.75, 3.05) is 6.54 Å². The first kappa shape index (κ1) is 22.5. The van der Waals surface area contributed by atoms with Crippen LogP contribution in [0.1, 0.15) is 42.5 Å². The van der Waals surface area contributed by atoms with Gasteiger partial charge in [-0.05, 0) is 42.7 Å². The number of hydrogen-bond acceptors (Lipinski definition) is 7. The number of cyclic esters (lactones) is 1. The molecule has 0 radical (unpaired) electrons. The Morgan fingerprint density at radius 3 is 2.83 bits per heavy atom. The summed E-state index contributed by atoms with van der Waals surface area (Å²) in [5.74, 6) is 1.67. The number of aryl methyl sites for hydroxylation is 1. The molecule has 9 heteroatoms. The van der Waals surface area contributed by atoms with Crippen molar-refractivity contribution >= 4 is 23.0 Å². The molecule has 1 atom stereocenters. The van der Waals surface area contributed by atoms with Gasteiger partial charge >= 0.3 is 12.1 Å². The number of pyridine rings is 2. The molecule has 178 valence electrons. The Kier molecular flexibility index (Phi) is 5.24. The highest BCUT2D eigenvalue weighted by Gasteiger charge is 2.50. The van der Waals surface area contributed by atoms with E-state index >= 15 is 0 Å². The normalized spacial score (nSPS) is 17.7. The monoisotopic (exact) mass is 473 g/mol. The fraction of sp³-hybridized carbons (Fsp3) is 0.308. The predicted octanol–water partition coefficient (Wildman–Crippen LogP) is 2.71. The molecule has 4 heterocycles. The van der Waals surface area contributed by atoms with Crippen molar-refractivity contribution in [1.29, 1.82) is 0 Å². The van der Waals surface area contributed by atoms with Crippen LogP contribution >= 0.6 is 0 Å². The molecule has 0 spiro atoms. The summed E-state index contributed by atoms with van der Waals surface area (Å²) in [6.45, 7) is 3.69. The van der Waals surface area contributed by atoms with Crippen molar-refractivity contribution < 1.29 is 24.2 Å². The zero-order valence-electron chi connectivity index (χ0n) is 19.3. The van der Waals surface area contributed by atoms with Gasteiger partial charge in [-0.3, -0.25) is 4.79 Å². The fourth-order valence-corrected chi connectivity index (χ4v) is 5.03. The number of aromatic nitrogens is 2. The Labute approximate surface area is 200 Å². The van der Waals surface area contributed by atoms with E-state index in [1.54, 1.807) is 35.8 Å². The van der Waals surface area contributed by atoms with Crippen molar-refractivity contribution in [1.82, 2.24) is 14.9 Å². The Hall–Kier alpha value is -4.32. The highest BCUT2D eigenvalue weighted by molar-refractivity contribution is 5.90. The second-order valence-electron chi connectivity index (χ2n) is 8.49. The number of ether oxygens (including phenoxy) is 2. The largest absolute Gasteiger partial charge is 0.508 e. The van der Waals surface area contributed by atoms with Gasteiger partial charge in [0.05, 0.1) is 35.6 Å². The summed E-state index contributed by atoms with van der Waals surface area (Å²) in [5, 5.41) is 13.2. The number of terminal acetylenes is 1. The maximum atomic E-state index is 13.6. The fourth-order valence-electron chi connectivity index (χ4n) is 5.03. The summed E-state index contributed by atoms with van der Waals surface area (Å²) in [6.07, 6.45) is 5.05. The standard InChI is InChI=1S/C26H23N3O6/c1-4-9-27-25(33)35-26(6-3)19-11-21-22-17(12-29(21)23(31)18(19)13-34-24(26)32)15(5-2)16-10-14(30)7-8-20(16)28-22/h1,7-8,10-11,30H,5-6,9,12-13H2,2-3H3,(H,27,33). The van der Waals surface area contributed by atoms with Gasteiger partial charge < -0.3 is 24.5 Å². The smallest absolute Gasteiger partial charge is 0.409 e. The van der Waals surface area contributed by atoms with Gasteiger partial charge in [0.2, 0.25) is 5.60 Å². The minimum absolute atomic E-state index is 0.0582. The number of amides is 1. The number of nitrogens with one attached hydrogen (secondary N) is 1. The summed E-state index contributed by atoms with van der Waals surface area (Å²) in [6, 6.07) is 6.68. The number of carbonyl (C=O) groups excluding carboxylic acids is 2. The van der Waals surface area contributed by atoms with E-state index in [9.17, 15) is 19.5 Å². The number of fused-ring (bicyclic) bond motifs is 5. The highest BCUT2D eigenvalue weighted by Crippen LogP contribution is 2.42. The van der Waals surface area contributed by atoms with Crippen LogP contribution in [0.25, 0.3) is 22.3 Å². The first-order chi connectivity index (χ1) is 16.8. The molecule has 0 aliphatic carbocycles. The third-order valence-corrected chi connectivity index (χ3v) is 6.71. The summed E-state index contributed by atoms with van der Waals surface area (Å²) in [5.41, 5.74) is 2.14. The van der Waals surface area contributed by atoms with Crippen LogP contribution in [0.4, 0.5) is 4.79 Å². The van der Waals surface area contributed by atoms with Crippen LogP contribution in [0.2, 0.25) is 0 Å². The maximum Gasteiger partial charge on any atom is 0.409 e. The SMILES string of the molecule is C#CCNC(=O)OC1(CC)C(=O)OCc2c1cc1n(c2=O)Cc2c-1nc1ccc(O)cc1c2CC. The molecule has 2 N–H and O–H groups in total. The number of benzene rings is 1. The van der Waals surface area contributed by atoms with Crippen LogP contribution < -0.4 is 10.9 Å². The number of aromatic hydroxyl groups is 1. The lowest BCUT2D eigenvalue weighted by atomic mass is 9.85. The molecule has 0 saturated heterocycles. The molecular formula is C26H23N3O6. The van der Waals surface area contributed by atoms with E-state index in [-0.39, 0.29) is 36.4 Å². The van der Waals surface area contributed by atoms with Crippen LogP contribution in [0.3, 0.4) is 0 Å². The van der Waals surface area contributed by atoms with E-state index in [0.717, 1.165) is 16.5 Å². The molecule has 5 rings (SSSR count). The third kappa shape index (κ3) is 3.25. The number of nitrogens with zero attached hydrogens (tertiary/aromatic N) is 2. The van der Waals surface area contributed by atoms with E-state index in [1.807, 2.05) is 6.92 Å². The molecule has 1 unspecified atom stereocenters. The third-order valence-electron chi connectivity index (χ3n) is 6.71. The Morgan fingerprint density at radius 2 is 2.11 bits per heavy atom. The minimum Gasteiger partial charge on any atom is -0.508 e. The number of alkyl carbamates (subject to hydrolysis) is 1. The molecule has 9 nitrogen and oxygen atoms in total. The number of phenols is 1. The molecule has 1 aromatic carbocycles. The lowest BCUT2D eigenvalue weighted by Crippen LogP contribution is -2.49. The van der Waals surface area contributed by atoms with Crippen LogP contribution in [0, 0.1) is 12.3 Å². The van der Waals surface area contributed by atoms with E-state index in [0.29, 0.717) is 35.4 Å². The second-order valence-corrected chi connectivity index (χ2v) is 8.49. The Morgan fingerprint density at radius 1 is 1.31 bits per heavy atom. The van der Waals surface area contributed by atoms with E-state index in [4.69, 9.17) is 20.9 Å². The molecule has 0 bridgehead atoms. The molecule has 0 saturated carbocycles. The van der Waals surface area contributed by atoms with Gasteiger partial charge in [-0.1, -0.05) is 19.8 Å². The molecule has 0 fully saturated rings. The van der Waals surface area contributed by atoms with E-state index < -0.39 is 17.7 Å². The van der Waals surface area contributed by atoms with Gasteiger partial charge in [-0.25, -0.2) is 14.6 Å². The predicted molar refractivity (Wildman–Crippen MR) is 127 cm³/mol. The number of esters is 1. The van der Waals surface area contributed by atoms with Gasteiger partial charge in [-0.15, -0.1) is 6.42 Å². The summed E-state index contributed by atoms with van der Waals surface area (Å²) < 4.78 is 12.5. The number of carbonyl (C=O) groups is 2. The Bertz CT molecular complexity index is 1520. The molecular weight excluding hydrogens is 450 g/mol. The lowest BCUT2D eigenvalue weighted by molar-refractivity contribution is -0.172. The number of rotatable bonds is 4. The van der Waals surface area contributed by atoms with Crippen molar-refractivity contribution in [3.63, 3.8) is 0 Å². The molecule has 2 aromatic heterocycles. The average Bonchev–Trinajstić information content (AvgIpc) is 3.21. The average molecular weight is 473 g/mol. The van der Waals surface area contributed by atoms with Gasteiger partial charge in [0.15, 0.2) is 0 Å². The van der Waals surface area contributed by atoms with Crippen LogP contribution in [-0.4, -0.2) is 33.3 Å². The van der Waals surface area contributed by atoms with Crippen LogP contribution in [0.5, 0.6) is 5.75 Å². The van der Waals surface area contributed by atoms with Crippen molar-refractivity contribution in [2.24, 2.45) is 0 Å². The van der Waals surface area contributed by atoms with Gasteiger partial charge in [0, 0.05) is 16.5 Å². The summed E-state index contributed by atoms with van der Waals surface area (Å²) in [7, 11) is 0. The quantitative estimate of drug-likeness (QED) is 0.345. The van der Waals surface area contributed by atoms with Gasteiger partial charge in [0.1, 0.15) is 12.4 Å². The van der Waals surface area contributed by atoms with E-state index in [1.165, 1.54) is 0 Å². The van der Waals surface area contributed by atoms with Crippen LogP contribution in [0.15, 0.2) is 29.1 Å². The summed E-state index contributed by atoms with van der Waals surface area (Å²) in [4.78, 5) is 43.8.